The molecular formula is C12H16N4OS. The average Bonchev–Trinajstić information content (AvgIpc) is 2.76. The van der Waals surface area contributed by atoms with Crippen molar-refractivity contribution >= 4 is 16.5 Å². The minimum absolute atomic E-state index is 0.126. The molecule has 96 valence electrons. The van der Waals surface area contributed by atoms with E-state index in [0.717, 1.165) is 11.6 Å². The van der Waals surface area contributed by atoms with Crippen molar-refractivity contribution in [2.24, 2.45) is 0 Å². The maximum atomic E-state index is 9.10. The molecule has 1 heterocycles. The Morgan fingerprint density at radius 2 is 1.94 bits per heavy atom. The first-order valence-corrected chi connectivity index (χ1v) is 6.54. The van der Waals surface area contributed by atoms with Crippen LogP contribution in [0.1, 0.15) is 10.6 Å². The molecule has 0 atom stereocenters. The summed E-state index contributed by atoms with van der Waals surface area (Å²) >= 11 is 1.38. The molecule has 0 spiro atoms. The van der Waals surface area contributed by atoms with Crippen LogP contribution in [0.4, 0.5) is 5.13 Å². The van der Waals surface area contributed by atoms with Gasteiger partial charge in [-0.2, -0.15) is 0 Å². The fourth-order valence-corrected chi connectivity index (χ4v) is 2.37. The van der Waals surface area contributed by atoms with Gasteiger partial charge in [0.05, 0.1) is 13.2 Å². The van der Waals surface area contributed by atoms with E-state index in [0.29, 0.717) is 18.2 Å². The molecule has 0 aliphatic heterocycles. The Bertz CT molecular complexity index is 474. The van der Waals surface area contributed by atoms with Crippen LogP contribution in [0.3, 0.4) is 0 Å². The number of aliphatic hydroxyl groups excluding tert-OH is 1. The van der Waals surface area contributed by atoms with Crippen molar-refractivity contribution in [3.05, 3.63) is 40.9 Å². The number of aromatic nitrogens is 2. The molecule has 0 bridgehead atoms. The Morgan fingerprint density at radius 1 is 1.17 bits per heavy atom. The number of hydrogen-bond acceptors (Lipinski definition) is 6. The summed E-state index contributed by atoms with van der Waals surface area (Å²) < 4.78 is 0. The van der Waals surface area contributed by atoms with Crippen LogP contribution in [0, 0.1) is 0 Å². The molecular weight excluding hydrogens is 248 g/mol. The maximum Gasteiger partial charge on any atom is 0.203 e. The predicted molar refractivity (Wildman–Crippen MR) is 72.0 cm³/mol. The van der Waals surface area contributed by atoms with Gasteiger partial charge in [-0.3, -0.25) is 4.90 Å². The molecule has 1 aromatic heterocycles. The molecule has 0 aliphatic rings. The molecule has 0 saturated carbocycles. The standard InChI is InChI=1S/C12H16N4OS/c13-12-15-14-11(18-12)9-16(6-7-17)8-10-4-2-1-3-5-10/h1-5,17H,6-9H2,(H2,13,15). The number of rotatable bonds is 6. The van der Waals surface area contributed by atoms with E-state index in [2.05, 4.69) is 27.2 Å². The van der Waals surface area contributed by atoms with Gasteiger partial charge in [-0.1, -0.05) is 41.7 Å². The first-order chi connectivity index (χ1) is 8.78. The summed E-state index contributed by atoms with van der Waals surface area (Å²) in [4.78, 5) is 2.12. The van der Waals surface area contributed by atoms with Gasteiger partial charge in [0.2, 0.25) is 5.13 Å². The third kappa shape index (κ3) is 3.76. The van der Waals surface area contributed by atoms with Gasteiger partial charge in [0, 0.05) is 13.1 Å². The number of nitrogens with two attached hydrogens (primary N) is 1. The predicted octanol–water partition coefficient (Wildman–Crippen LogP) is 1.11. The molecule has 0 amide bonds. The summed E-state index contributed by atoms with van der Waals surface area (Å²) in [5.41, 5.74) is 6.77. The molecule has 0 aliphatic carbocycles. The van der Waals surface area contributed by atoms with E-state index < -0.39 is 0 Å². The maximum absolute atomic E-state index is 9.10. The molecule has 3 N–H and O–H groups in total. The van der Waals surface area contributed by atoms with E-state index in [9.17, 15) is 0 Å². The second-order valence-electron chi connectivity index (χ2n) is 3.95. The van der Waals surface area contributed by atoms with Crippen LogP contribution in [-0.4, -0.2) is 33.4 Å². The van der Waals surface area contributed by atoms with E-state index in [1.165, 1.54) is 16.9 Å². The Labute approximate surface area is 110 Å². The minimum Gasteiger partial charge on any atom is -0.395 e. The van der Waals surface area contributed by atoms with Gasteiger partial charge in [-0.15, -0.1) is 10.2 Å². The molecule has 18 heavy (non-hydrogen) atoms. The van der Waals surface area contributed by atoms with Crippen LogP contribution in [0.25, 0.3) is 0 Å². The highest BCUT2D eigenvalue weighted by molar-refractivity contribution is 7.15. The van der Waals surface area contributed by atoms with Crippen molar-refractivity contribution < 1.29 is 5.11 Å². The lowest BCUT2D eigenvalue weighted by molar-refractivity contribution is 0.184. The normalized spacial score (nSPS) is 11.0. The molecule has 1 aromatic carbocycles. The van der Waals surface area contributed by atoms with Gasteiger partial charge in [0.25, 0.3) is 0 Å². The average molecular weight is 264 g/mol. The van der Waals surface area contributed by atoms with E-state index in [1.807, 2.05) is 18.2 Å². The highest BCUT2D eigenvalue weighted by atomic mass is 32.1. The summed E-state index contributed by atoms with van der Waals surface area (Å²) in [6.45, 7) is 2.17. The summed E-state index contributed by atoms with van der Waals surface area (Å²) in [6, 6.07) is 10.1. The van der Waals surface area contributed by atoms with Crippen molar-refractivity contribution in [1.82, 2.24) is 15.1 Å². The van der Waals surface area contributed by atoms with E-state index in [1.54, 1.807) is 0 Å². The second-order valence-corrected chi connectivity index (χ2v) is 5.05. The Kier molecular flexibility index (Phi) is 4.63. The fraction of sp³-hybridized carbons (Fsp3) is 0.333. The van der Waals surface area contributed by atoms with Gasteiger partial charge < -0.3 is 10.8 Å². The lowest BCUT2D eigenvalue weighted by Crippen LogP contribution is -2.26. The quantitative estimate of drug-likeness (QED) is 0.817. The number of nitrogens with zero attached hydrogens (tertiary/aromatic N) is 3. The molecule has 0 saturated heterocycles. The third-order valence-corrected chi connectivity index (χ3v) is 3.24. The molecule has 5 nitrogen and oxygen atoms in total. The van der Waals surface area contributed by atoms with Crippen LogP contribution in [0.2, 0.25) is 0 Å². The van der Waals surface area contributed by atoms with Crippen molar-refractivity contribution in [2.75, 3.05) is 18.9 Å². The van der Waals surface area contributed by atoms with Crippen LogP contribution in [0.15, 0.2) is 30.3 Å². The molecule has 0 fully saturated rings. The number of benzene rings is 1. The highest BCUT2D eigenvalue weighted by Gasteiger charge is 2.09. The topological polar surface area (TPSA) is 75.3 Å². The number of anilines is 1. The van der Waals surface area contributed by atoms with E-state index in [-0.39, 0.29) is 6.61 Å². The molecule has 2 rings (SSSR count). The monoisotopic (exact) mass is 264 g/mol. The van der Waals surface area contributed by atoms with Gasteiger partial charge in [-0.05, 0) is 5.56 Å². The van der Waals surface area contributed by atoms with Crippen molar-refractivity contribution in [3.63, 3.8) is 0 Å². The Hall–Kier alpha value is -1.50. The van der Waals surface area contributed by atoms with Gasteiger partial charge in [0.15, 0.2) is 0 Å². The summed E-state index contributed by atoms with van der Waals surface area (Å²) in [5.74, 6) is 0. The number of hydrogen-bond donors (Lipinski definition) is 2. The minimum atomic E-state index is 0.126. The first kappa shape index (κ1) is 12.9. The third-order valence-electron chi connectivity index (χ3n) is 2.51. The van der Waals surface area contributed by atoms with E-state index in [4.69, 9.17) is 10.8 Å². The zero-order valence-electron chi connectivity index (χ0n) is 9.99. The van der Waals surface area contributed by atoms with Crippen molar-refractivity contribution in [2.45, 2.75) is 13.1 Å². The highest BCUT2D eigenvalue weighted by Crippen LogP contribution is 2.15. The van der Waals surface area contributed by atoms with Gasteiger partial charge in [0.1, 0.15) is 5.01 Å². The summed E-state index contributed by atoms with van der Waals surface area (Å²) in [5, 5.41) is 18.2. The van der Waals surface area contributed by atoms with Crippen LogP contribution in [0.5, 0.6) is 0 Å². The number of nitrogen functional groups attached to an aromatic ring is 1. The SMILES string of the molecule is Nc1nnc(CN(CCO)Cc2ccccc2)s1. The summed E-state index contributed by atoms with van der Waals surface area (Å²) in [6.07, 6.45) is 0. The van der Waals surface area contributed by atoms with Gasteiger partial charge in [-0.25, -0.2) is 0 Å². The van der Waals surface area contributed by atoms with Crippen molar-refractivity contribution in [1.29, 1.82) is 0 Å². The van der Waals surface area contributed by atoms with Crippen molar-refractivity contribution in [3.8, 4) is 0 Å². The largest absolute Gasteiger partial charge is 0.395 e. The van der Waals surface area contributed by atoms with Gasteiger partial charge >= 0.3 is 0 Å². The molecule has 0 unspecified atom stereocenters. The first-order valence-electron chi connectivity index (χ1n) is 5.73. The smallest absolute Gasteiger partial charge is 0.203 e. The van der Waals surface area contributed by atoms with Crippen LogP contribution in [-0.2, 0) is 13.1 Å². The summed E-state index contributed by atoms with van der Waals surface area (Å²) in [7, 11) is 0. The molecule has 6 heteroatoms. The lowest BCUT2D eigenvalue weighted by Gasteiger charge is -2.19. The number of aliphatic hydroxyl groups is 1. The molecule has 2 aromatic rings. The van der Waals surface area contributed by atoms with Crippen LogP contribution >= 0.6 is 11.3 Å². The molecule has 0 radical (unpaired) electrons. The second kappa shape index (κ2) is 6.44. The Balaban J connectivity index is 1.99. The van der Waals surface area contributed by atoms with Crippen LogP contribution < -0.4 is 5.73 Å². The fourth-order valence-electron chi connectivity index (χ4n) is 1.72. The lowest BCUT2D eigenvalue weighted by atomic mass is 10.2. The zero-order chi connectivity index (χ0) is 12.8. The van der Waals surface area contributed by atoms with E-state index >= 15 is 0 Å². The zero-order valence-corrected chi connectivity index (χ0v) is 10.8. The Morgan fingerprint density at radius 3 is 2.56 bits per heavy atom.